The number of benzene rings is 6. The van der Waals surface area contributed by atoms with E-state index in [0.29, 0.717) is 72.0 Å². The molecule has 1 saturated heterocycles. The number of rotatable bonds is 27. The van der Waals surface area contributed by atoms with E-state index in [-0.39, 0.29) is 110 Å². The lowest BCUT2D eigenvalue weighted by atomic mass is 9.95. The number of aliphatic hydroxyl groups is 1. The number of nitrogens with one attached hydrogen (secondary N) is 8. The summed E-state index contributed by atoms with van der Waals surface area (Å²) in [5.41, 5.74) is 16.3. The van der Waals surface area contributed by atoms with Crippen molar-refractivity contribution in [2.24, 2.45) is 11.3 Å². The molecule has 6 aromatic carbocycles. The van der Waals surface area contributed by atoms with Gasteiger partial charge in [0.2, 0.25) is 35.4 Å². The average molecular weight is 1530 g/mol. The highest BCUT2D eigenvalue weighted by Crippen LogP contribution is 2.57. The van der Waals surface area contributed by atoms with Crippen molar-refractivity contribution < 1.29 is 81.5 Å². The molecule has 1 spiro atoms. The van der Waals surface area contributed by atoms with Gasteiger partial charge in [-0.05, 0) is 116 Å². The molecule has 1 aliphatic carbocycles. The maximum atomic E-state index is 14.6. The summed E-state index contributed by atoms with van der Waals surface area (Å²) in [4.78, 5) is 141. The lowest BCUT2D eigenvalue weighted by molar-refractivity contribution is -0.142. The van der Waals surface area contributed by atoms with Gasteiger partial charge in [0, 0.05) is 80.5 Å². The third kappa shape index (κ3) is 17.1. The number of fused-ring (bicyclic) bond motifs is 8. The fourth-order valence-corrected chi connectivity index (χ4v) is 14.8. The van der Waals surface area contributed by atoms with Crippen LogP contribution < -0.4 is 71.6 Å². The highest BCUT2D eigenvalue weighted by molar-refractivity contribution is 6.07. The molecule has 13 rings (SSSR count). The number of hydrazine groups is 2. The first-order valence-electron chi connectivity index (χ1n) is 37.6. The first-order chi connectivity index (χ1) is 53.9. The molecule has 0 aromatic heterocycles. The number of carbonyl (C=O) groups is 10. The average Bonchev–Trinajstić information content (AvgIpc) is 1.57. The van der Waals surface area contributed by atoms with E-state index in [9.17, 15) is 53.1 Å². The quantitative estimate of drug-likeness (QED) is 0.0178. The molecule has 0 radical (unpaired) electrons. The summed E-state index contributed by atoms with van der Waals surface area (Å²) >= 11 is 0. The number of anilines is 4. The summed E-state index contributed by atoms with van der Waals surface area (Å²) in [6.07, 6.45) is 2.24. The first-order valence-corrected chi connectivity index (χ1v) is 37.6. The lowest BCUT2D eigenvalue weighted by Gasteiger charge is -2.31. The van der Waals surface area contributed by atoms with Gasteiger partial charge in [0.1, 0.15) is 25.3 Å². The zero-order chi connectivity index (χ0) is 79.2. The molecule has 30 heteroatoms. The number of hydrogen-bond acceptors (Lipinski definition) is 21. The smallest absolute Gasteiger partial charge is 0.416 e. The number of para-hydroxylation sites is 1. The molecule has 6 aromatic rings. The van der Waals surface area contributed by atoms with E-state index in [1.807, 2.05) is 79.0 Å². The van der Waals surface area contributed by atoms with Crippen LogP contribution in [0.3, 0.4) is 0 Å². The van der Waals surface area contributed by atoms with Gasteiger partial charge in [-0.15, -0.1) is 5.53 Å². The number of carbonyl (C=O) groups excluding carboxylic acids is 10. The summed E-state index contributed by atoms with van der Waals surface area (Å²) in [6, 6.07) is 32.9. The number of amides is 9. The third-order valence-electron chi connectivity index (χ3n) is 21.1. The van der Waals surface area contributed by atoms with Gasteiger partial charge in [-0.1, -0.05) is 92.7 Å². The minimum atomic E-state index is -1.51. The molecule has 2 fully saturated rings. The summed E-state index contributed by atoms with van der Waals surface area (Å²) < 4.78 is 35.1. The fraction of sp³-hybridized carbons (Fsp3) is 0.390. The number of hydrogen-bond donors (Lipinski definition) is 9. The first kappa shape index (κ1) is 78.0. The summed E-state index contributed by atoms with van der Waals surface area (Å²) in [6.45, 7) is 10.6. The summed E-state index contributed by atoms with van der Waals surface area (Å²) in [5.74, 6) is -3.77. The summed E-state index contributed by atoms with van der Waals surface area (Å²) in [7, 11) is 2.93. The molecule has 6 heterocycles. The largest absolute Gasteiger partial charge is 0.493 e. The van der Waals surface area contributed by atoms with Crippen LogP contribution in [0.25, 0.3) is 17.0 Å². The number of nitrogens with zero attached hydrogens (tertiary/aromatic N) is 5. The van der Waals surface area contributed by atoms with Crippen LogP contribution in [0, 0.1) is 11.3 Å². The normalized spacial score (nSPS) is 18.0. The zero-order valence-electron chi connectivity index (χ0n) is 63.7. The topological polar surface area (TPSA) is 359 Å². The van der Waals surface area contributed by atoms with E-state index in [4.69, 9.17) is 28.4 Å². The Hall–Kier alpha value is -12.2. The Bertz CT molecular complexity index is 4730. The lowest BCUT2D eigenvalue weighted by Crippen LogP contribution is -2.55. The molecule has 9 N–H and O–H groups in total. The third-order valence-corrected chi connectivity index (χ3v) is 21.1. The number of methoxy groups -OCH3 is 2. The van der Waals surface area contributed by atoms with Crippen molar-refractivity contribution in [1.82, 2.24) is 47.0 Å². The van der Waals surface area contributed by atoms with Crippen molar-refractivity contribution in [3.05, 3.63) is 172 Å². The van der Waals surface area contributed by atoms with E-state index in [0.717, 1.165) is 62.5 Å². The second-order valence-electron chi connectivity index (χ2n) is 29.6. The molecule has 6 aliphatic heterocycles. The Kier molecular flexibility index (Phi) is 23.4. The maximum absolute atomic E-state index is 14.6. The predicted octanol–water partition coefficient (Wildman–Crippen LogP) is 7.47. The molecule has 1 saturated carbocycles. The Morgan fingerprint density at radius 1 is 0.670 bits per heavy atom. The SMILES string of the molecule is COc1cc2c(cc1OCCCOc1cc3c(cc1OC)C(=O)N1CC4(CC4)C[C@H]1C(O)N3C(=O)OCc1ccc(NC(=O)[C@H](C)NC(=O)[C@@H](NC(=O)CNC(=O)CNC(=O)CCC(=O)N3Cc4ccccc4C4=C(NNN4C(C)C)c4ccccc43)C(C)C)cc1)NC[C@@H]1CC(c3ccc(COC(C)=O)cc3)=CN1C2=O. The van der Waals surface area contributed by atoms with Crippen molar-refractivity contribution in [3.8, 4) is 23.0 Å². The summed E-state index contributed by atoms with van der Waals surface area (Å²) in [5, 5.41) is 30.7. The van der Waals surface area contributed by atoms with E-state index < -0.39 is 79.0 Å². The molecule has 30 nitrogen and oxygen atoms in total. The Morgan fingerprint density at radius 3 is 2.01 bits per heavy atom. The van der Waals surface area contributed by atoms with Gasteiger partial charge < -0.3 is 85.6 Å². The Labute approximate surface area is 647 Å². The highest BCUT2D eigenvalue weighted by atomic mass is 16.6. The number of ether oxygens (including phenoxy) is 6. The van der Waals surface area contributed by atoms with Gasteiger partial charge in [-0.2, -0.15) is 0 Å². The van der Waals surface area contributed by atoms with Crippen LogP contribution in [0.15, 0.2) is 128 Å². The van der Waals surface area contributed by atoms with E-state index in [2.05, 4.69) is 61.7 Å². The predicted molar refractivity (Wildman–Crippen MR) is 413 cm³/mol. The fourth-order valence-electron chi connectivity index (χ4n) is 14.8. The van der Waals surface area contributed by atoms with Gasteiger partial charge in [0.15, 0.2) is 29.2 Å². The number of aliphatic hydroxyl groups excluding tert-OH is 1. The van der Waals surface area contributed by atoms with Crippen LogP contribution in [0.2, 0.25) is 0 Å². The minimum Gasteiger partial charge on any atom is -0.493 e. The van der Waals surface area contributed by atoms with Crippen molar-refractivity contribution >= 4 is 99.0 Å². The van der Waals surface area contributed by atoms with Crippen LogP contribution in [-0.2, 0) is 62.8 Å². The van der Waals surface area contributed by atoms with E-state index in [1.54, 1.807) is 64.9 Å². The van der Waals surface area contributed by atoms with Gasteiger partial charge in [-0.3, -0.25) is 48.2 Å². The molecule has 7 aliphatic rings. The van der Waals surface area contributed by atoms with E-state index >= 15 is 0 Å². The van der Waals surface area contributed by atoms with Gasteiger partial charge in [-0.25, -0.2) is 9.69 Å². The molecule has 0 bridgehead atoms. The molecule has 9 amide bonds. The van der Waals surface area contributed by atoms with Crippen LogP contribution in [-0.4, -0.2) is 169 Å². The molecule has 588 valence electrons. The van der Waals surface area contributed by atoms with Crippen molar-refractivity contribution in [1.29, 1.82) is 0 Å². The van der Waals surface area contributed by atoms with Crippen molar-refractivity contribution in [2.75, 3.05) is 74.0 Å². The molecular formula is C82H93N13O17. The molecular weight excluding hydrogens is 1440 g/mol. The number of esters is 1. The van der Waals surface area contributed by atoms with Gasteiger partial charge >= 0.3 is 12.1 Å². The molecule has 1 unspecified atom stereocenters. The maximum Gasteiger partial charge on any atom is 0.416 e. The van der Waals surface area contributed by atoms with Crippen LogP contribution >= 0.6 is 0 Å². The van der Waals surface area contributed by atoms with Gasteiger partial charge in [0.25, 0.3) is 11.8 Å². The second-order valence-corrected chi connectivity index (χ2v) is 29.6. The highest BCUT2D eigenvalue weighted by Gasteiger charge is 2.58. The van der Waals surface area contributed by atoms with Crippen LogP contribution in [0.4, 0.5) is 27.5 Å². The van der Waals surface area contributed by atoms with Crippen molar-refractivity contribution in [3.63, 3.8) is 0 Å². The van der Waals surface area contributed by atoms with Crippen LogP contribution in [0.1, 0.15) is 141 Å². The van der Waals surface area contributed by atoms with Crippen LogP contribution in [0.5, 0.6) is 23.0 Å². The Morgan fingerprint density at radius 2 is 1.32 bits per heavy atom. The van der Waals surface area contributed by atoms with Gasteiger partial charge in [0.05, 0.1) is 98.7 Å². The van der Waals surface area contributed by atoms with Crippen molar-refractivity contribution in [2.45, 2.75) is 143 Å². The Balaban J connectivity index is 0.567. The molecule has 112 heavy (non-hydrogen) atoms. The van der Waals surface area contributed by atoms with E-state index in [1.165, 1.54) is 40.2 Å². The monoisotopic (exact) mass is 1530 g/mol. The standard InChI is InChI=1S/C82H93N13O17/c1-46(2)73(88-71(99)40-85-70(98)39-84-69(97)26-27-72(100)92-41-53-14-9-10-15-57(53)75-74(89-90-95(75)47(3)4)58-16-11-12-17-62(58)92)77(102)86-48(5)76(101)87-55-24-20-51(21-25-55)44-112-81(106)94-63-36-68(66(108-8)34-60(63)79(104)93-45-82(28-29-82)37-64(93)80(94)105)110-31-13-30-109-67-35-61-59(33-65(67)107-7)78(103)91-42-54(32-56(91)38-83-61)52-22-18-50(19-23-52)43-111-49(6)96/h9-12,14-25,33-36,42,46-48,56,64,73,80,83,89-90,105H,13,26-32,37-41,43-45H2,1-8H3,(H,84,97)(H,85,98)(H,86,102)(H,87,101)(H,88,99)/t48-,56-,64-,73-,80?/m0/s1. The second kappa shape index (κ2) is 33.6. The zero-order valence-corrected chi connectivity index (χ0v) is 63.7. The molecule has 5 atom stereocenters. The minimum absolute atomic E-state index is 0.0481.